The van der Waals surface area contributed by atoms with Gasteiger partial charge in [0.25, 0.3) is 0 Å². The third kappa shape index (κ3) is 2.22. The summed E-state index contributed by atoms with van der Waals surface area (Å²) in [5.41, 5.74) is 2.03. The van der Waals surface area contributed by atoms with Crippen LogP contribution in [0.15, 0.2) is 18.2 Å². The predicted octanol–water partition coefficient (Wildman–Crippen LogP) is 3.63. The fourth-order valence-electron chi connectivity index (χ4n) is 1.90. The molecule has 0 radical (unpaired) electrons. The summed E-state index contributed by atoms with van der Waals surface area (Å²) in [6.07, 6.45) is 0.978. The highest BCUT2D eigenvalue weighted by Crippen LogP contribution is 2.52. The van der Waals surface area contributed by atoms with E-state index in [0.717, 1.165) is 17.7 Å². The Kier molecular flexibility index (Phi) is 2.70. The Bertz CT molecular complexity index is 440. The SMILES string of the molecule is Cc1cc(Cl)ccc1NC(=O)C1CC1(C)C. The van der Waals surface area contributed by atoms with Gasteiger partial charge in [0.2, 0.25) is 5.91 Å². The average Bonchev–Trinajstić information content (AvgIpc) is 2.80. The number of benzene rings is 1. The zero-order valence-corrected chi connectivity index (χ0v) is 10.6. The molecule has 1 aromatic carbocycles. The first-order valence-corrected chi connectivity index (χ1v) is 5.85. The number of rotatable bonds is 2. The molecule has 1 unspecified atom stereocenters. The third-order valence-electron chi connectivity index (χ3n) is 3.28. The molecule has 16 heavy (non-hydrogen) atoms. The summed E-state index contributed by atoms with van der Waals surface area (Å²) in [6, 6.07) is 5.50. The second kappa shape index (κ2) is 3.77. The van der Waals surface area contributed by atoms with Crippen molar-refractivity contribution in [3.05, 3.63) is 28.8 Å². The summed E-state index contributed by atoms with van der Waals surface area (Å²) in [5, 5.41) is 3.65. The van der Waals surface area contributed by atoms with E-state index in [-0.39, 0.29) is 17.2 Å². The van der Waals surface area contributed by atoms with Crippen molar-refractivity contribution in [3.63, 3.8) is 0 Å². The number of halogens is 1. The van der Waals surface area contributed by atoms with Crippen LogP contribution >= 0.6 is 11.6 Å². The zero-order valence-electron chi connectivity index (χ0n) is 9.80. The first-order valence-electron chi connectivity index (χ1n) is 5.47. The molecule has 1 N–H and O–H groups in total. The van der Waals surface area contributed by atoms with Crippen molar-refractivity contribution in [2.24, 2.45) is 11.3 Å². The van der Waals surface area contributed by atoms with Gasteiger partial charge in [-0.2, -0.15) is 0 Å². The molecule has 1 atom stereocenters. The quantitative estimate of drug-likeness (QED) is 0.836. The van der Waals surface area contributed by atoms with Gasteiger partial charge in [-0.15, -0.1) is 0 Å². The summed E-state index contributed by atoms with van der Waals surface area (Å²) in [7, 11) is 0. The standard InChI is InChI=1S/C13H16ClNO/c1-8-6-9(14)4-5-11(8)15-12(16)10-7-13(10,2)3/h4-6,10H,7H2,1-3H3,(H,15,16). The van der Waals surface area contributed by atoms with Crippen molar-refractivity contribution < 1.29 is 4.79 Å². The fourth-order valence-corrected chi connectivity index (χ4v) is 2.13. The minimum atomic E-state index is 0.121. The first-order chi connectivity index (χ1) is 7.40. The summed E-state index contributed by atoms with van der Waals surface area (Å²) >= 11 is 5.86. The molecule has 0 heterocycles. The van der Waals surface area contributed by atoms with Gasteiger partial charge in [-0.25, -0.2) is 0 Å². The Morgan fingerprint density at radius 3 is 2.62 bits per heavy atom. The summed E-state index contributed by atoms with van der Waals surface area (Å²) < 4.78 is 0. The number of hydrogen-bond acceptors (Lipinski definition) is 1. The highest BCUT2D eigenvalue weighted by Gasteiger charge is 2.50. The molecule has 2 rings (SSSR count). The van der Waals surface area contributed by atoms with E-state index >= 15 is 0 Å². The van der Waals surface area contributed by atoms with Crippen LogP contribution in [0.5, 0.6) is 0 Å². The van der Waals surface area contributed by atoms with Gasteiger partial charge < -0.3 is 5.32 Å². The molecule has 1 saturated carbocycles. The highest BCUT2D eigenvalue weighted by molar-refractivity contribution is 6.30. The number of nitrogens with one attached hydrogen (secondary N) is 1. The molecule has 1 aromatic rings. The van der Waals surface area contributed by atoms with Gasteiger partial charge >= 0.3 is 0 Å². The van der Waals surface area contributed by atoms with E-state index in [1.54, 1.807) is 6.07 Å². The zero-order chi connectivity index (χ0) is 11.9. The van der Waals surface area contributed by atoms with Gasteiger partial charge in [0.1, 0.15) is 0 Å². The van der Waals surface area contributed by atoms with E-state index < -0.39 is 0 Å². The molecular weight excluding hydrogens is 222 g/mol. The van der Waals surface area contributed by atoms with Gasteiger partial charge in [-0.1, -0.05) is 25.4 Å². The number of carbonyl (C=O) groups excluding carboxylic acids is 1. The summed E-state index contributed by atoms with van der Waals surface area (Å²) in [6.45, 7) is 6.18. The molecular formula is C13H16ClNO. The molecule has 0 aliphatic heterocycles. The van der Waals surface area contributed by atoms with Crippen LogP contribution in [0, 0.1) is 18.3 Å². The van der Waals surface area contributed by atoms with Crippen molar-refractivity contribution in [1.29, 1.82) is 0 Å². The van der Waals surface area contributed by atoms with Crippen LogP contribution in [0.4, 0.5) is 5.69 Å². The Labute approximate surface area is 101 Å². The lowest BCUT2D eigenvalue weighted by Crippen LogP contribution is -2.17. The molecule has 1 aliphatic carbocycles. The van der Waals surface area contributed by atoms with Crippen molar-refractivity contribution >= 4 is 23.2 Å². The Morgan fingerprint density at radius 1 is 1.50 bits per heavy atom. The number of carbonyl (C=O) groups is 1. The highest BCUT2D eigenvalue weighted by atomic mass is 35.5. The lowest BCUT2D eigenvalue weighted by molar-refractivity contribution is -0.118. The van der Waals surface area contributed by atoms with E-state index in [4.69, 9.17) is 11.6 Å². The Balaban J connectivity index is 2.07. The van der Waals surface area contributed by atoms with Crippen LogP contribution in [0.1, 0.15) is 25.8 Å². The van der Waals surface area contributed by atoms with Crippen LogP contribution in [-0.4, -0.2) is 5.91 Å². The molecule has 0 bridgehead atoms. The van der Waals surface area contributed by atoms with Crippen molar-refractivity contribution in [2.75, 3.05) is 5.32 Å². The largest absolute Gasteiger partial charge is 0.326 e. The topological polar surface area (TPSA) is 29.1 Å². The number of amides is 1. The maximum atomic E-state index is 11.9. The summed E-state index contributed by atoms with van der Waals surface area (Å²) in [5.74, 6) is 0.276. The van der Waals surface area contributed by atoms with E-state index in [1.807, 2.05) is 19.1 Å². The fraction of sp³-hybridized carbons (Fsp3) is 0.462. The normalized spacial score (nSPS) is 21.6. The second-order valence-electron chi connectivity index (χ2n) is 5.19. The molecule has 0 spiro atoms. The van der Waals surface area contributed by atoms with Crippen LogP contribution in [0.3, 0.4) is 0 Å². The van der Waals surface area contributed by atoms with Gasteiger partial charge in [0.15, 0.2) is 0 Å². The second-order valence-corrected chi connectivity index (χ2v) is 5.63. The van der Waals surface area contributed by atoms with Gasteiger partial charge in [-0.3, -0.25) is 4.79 Å². The van der Waals surface area contributed by atoms with Gasteiger partial charge in [0.05, 0.1) is 0 Å². The molecule has 0 saturated heterocycles. The average molecular weight is 238 g/mol. The molecule has 1 amide bonds. The molecule has 1 fully saturated rings. The van der Waals surface area contributed by atoms with Crippen molar-refractivity contribution in [2.45, 2.75) is 27.2 Å². The number of aryl methyl sites for hydroxylation is 1. The maximum absolute atomic E-state index is 11.9. The molecule has 0 aromatic heterocycles. The molecule has 86 valence electrons. The van der Waals surface area contributed by atoms with Crippen LogP contribution in [0.25, 0.3) is 0 Å². The molecule has 2 nitrogen and oxygen atoms in total. The van der Waals surface area contributed by atoms with Crippen LogP contribution < -0.4 is 5.32 Å². The lowest BCUT2D eigenvalue weighted by Gasteiger charge is -2.09. The molecule has 1 aliphatic rings. The van der Waals surface area contributed by atoms with Crippen LogP contribution in [0.2, 0.25) is 5.02 Å². The van der Waals surface area contributed by atoms with Gasteiger partial charge in [-0.05, 0) is 42.5 Å². The first kappa shape index (κ1) is 11.5. The number of hydrogen-bond donors (Lipinski definition) is 1. The number of anilines is 1. The monoisotopic (exact) mass is 237 g/mol. The van der Waals surface area contributed by atoms with E-state index in [9.17, 15) is 4.79 Å². The van der Waals surface area contributed by atoms with E-state index in [1.165, 1.54) is 0 Å². The van der Waals surface area contributed by atoms with Gasteiger partial charge in [0, 0.05) is 16.6 Å². The predicted molar refractivity (Wildman–Crippen MR) is 66.7 cm³/mol. The van der Waals surface area contributed by atoms with E-state index in [0.29, 0.717) is 5.02 Å². The maximum Gasteiger partial charge on any atom is 0.228 e. The third-order valence-corrected chi connectivity index (χ3v) is 3.51. The minimum absolute atomic E-state index is 0.121. The van der Waals surface area contributed by atoms with Crippen molar-refractivity contribution in [1.82, 2.24) is 0 Å². The lowest BCUT2D eigenvalue weighted by atomic mass is 10.1. The minimum Gasteiger partial charge on any atom is -0.326 e. The van der Waals surface area contributed by atoms with Crippen molar-refractivity contribution in [3.8, 4) is 0 Å². The Morgan fingerprint density at radius 2 is 2.12 bits per heavy atom. The summed E-state index contributed by atoms with van der Waals surface area (Å²) in [4.78, 5) is 11.9. The van der Waals surface area contributed by atoms with E-state index in [2.05, 4.69) is 19.2 Å². The Hall–Kier alpha value is -1.02. The smallest absolute Gasteiger partial charge is 0.228 e. The molecule has 3 heteroatoms. The van der Waals surface area contributed by atoms with Crippen LogP contribution in [-0.2, 0) is 4.79 Å².